The van der Waals surface area contributed by atoms with Crippen molar-refractivity contribution in [2.45, 2.75) is 25.9 Å². The van der Waals surface area contributed by atoms with Crippen molar-refractivity contribution in [2.24, 2.45) is 0 Å². The number of amides is 1. The van der Waals surface area contributed by atoms with Crippen molar-refractivity contribution in [2.75, 3.05) is 5.32 Å². The highest BCUT2D eigenvalue weighted by molar-refractivity contribution is 7.15. The first-order chi connectivity index (χ1) is 13.2. The van der Waals surface area contributed by atoms with E-state index in [4.69, 9.17) is 11.6 Å². The monoisotopic (exact) mass is 424 g/mol. The maximum Gasteiger partial charge on any atom is 0.416 e. The van der Waals surface area contributed by atoms with E-state index >= 15 is 0 Å². The van der Waals surface area contributed by atoms with Crippen LogP contribution in [0, 0.1) is 6.92 Å². The number of rotatable bonds is 5. The van der Waals surface area contributed by atoms with Crippen molar-refractivity contribution in [1.82, 2.24) is 4.98 Å². The third-order valence-corrected chi connectivity index (χ3v) is 5.51. The van der Waals surface area contributed by atoms with Gasteiger partial charge in [0, 0.05) is 16.3 Å². The minimum absolute atomic E-state index is 0.205. The average Bonchev–Trinajstić information content (AvgIpc) is 2.95. The number of aromatic nitrogens is 1. The van der Waals surface area contributed by atoms with Gasteiger partial charge in [-0.3, -0.25) is 4.79 Å². The third-order valence-electron chi connectivity index (χ3n) is 4.07. The fourth-order valence-corrected chi connectivity index (χ4v) is 3.84. The van der Waals surface area contributed by atoms with Gasteiger partial charge in [-0.25, -0.2) is 4.98 Å². The number of hydrogen-bond acceptors (Lipinski definition) is 3. The summed E-state index contributed by atoms with van der Waals surface area (Å²) < 4.78 is 38.8. The second kappa shape index (κ2) is 8.32. The predicted octanol–water partition coefficient (Wildman–Crippen LogP) is 5.90. The number of hydrogen-bond donors (Lipinski definition) is 1. The molecule has 0 aliphatic rings. The Morgan fingerprint density at radius 3 is 2.57 bits per heavy atom. The Balaban J connectivity index is 1.73. The van der Waals surface area contributed by atoms with Gasteiger partial charge in [-0.2, -0.15) is 13.2 Å². The van der Waals surface area contributed by atoms with Gasteiger partial charge in [-0.1, -0.05) is 41.9 Å². The SMILES string of the molecule is Cc1nc(NC(=O)Cc2ccccc2)sc1Cc1cc(C(F)(F)F)ccc1Cl. The van der Waals surface area contributed by atoms with Crippen molar-refractivity contribution < 1.29 is 18.0 Å². The molecule has 1 amide bonds. The van der Waals surface area contributed by atoms with E-state index in [1.54, 1.807) is 6.92 Å². The molecule has 3 nitrogen and oxygen atoms in total. The fraction of sp³-hybridized carbons (Fsp3) is 0.200. The molecule has 0 saturated heterocycles. The number of nitrogens with one attached hydrogen (secondary N) is 1. The van der Waals surface area contributed by atoms with Crippen LogP contribution in [0.1, 0.15) is 27.3 Å². The van der Waals surface area contributed by atoms with Crippen LogP contribution in [0.5, 0.6) is 0 Å². The Morgan fingerprint density at radius 1 is 1.18 bits per heavy atom. The van der Waals surface area contributed by atoms with E-state index in [9.17, 15) is 18.0 Å². The average molecular weight is 425 g/mol. The lowest BCUT2D eigenvalue weighted by atomic mass is 10.1. The van der Waals surface area contributed by atoms with E-state index in [1.807, 2.05) is 30.3 Å². The Morgan fingerprint density at radius 2 is 1.89 bits per heavy atom. The fourth-order valence-electron chi connectivity index (χ4n) is 2.65. The van der Waals surface area contributed by atoms with Crippen LogP contribution in [0.4, 0.5) is 18.3 Å². The molecule has 0 bridgehead atoms. The molecule has 0 radical (unpaired) electrons. The van der Waals surface area contributed by atoms with Gasteiger partial charge in [0.15, 0.2) is 5.13 Å². The lowest BCUT2D eigenvalue weighted by molar-refractivity contribution is -0.137. The first kappa shape index (κ1) is 20.4. The second-order valence-corrected chi connectivity index (χ2v) is 7.71. The van der Waals surface area contributed by atoms with E-state index in [1.165, 1.54) is 17.4 Å². The van der Waals surface area contributed by atoms with Gasteiger partial charge in [-0.15, -0.1) is 11.3 Å². The van der Waals surface area contributed by atoms with Crippen LogP contribution in [0.3, 0.4) is 0 Å². The van der Waals surface area contributed by atoms with E-state index in [0.29, 0.717) is 16.4 Å². The second-order valence-electron chi connectivity index (χ2n) is 6.22. The van der Waals surface area contributed by atoms with Crippen LogP contribution in [-0.2, 0) is 23.8 Å². The number of halogens is 4. The van der Waals surface area contributed by atoms with E-state index in [2.05, 4.69) is 10.3 Å². The third kappa shape index (κ3) is 5.11. The van der Waals surface area contributed by atoms with Crippen molar-refractivity contribution in [3.05, 3.63) is 80.8 Å². The van der Waals surface area contributed by atoms with Gasteiger partial charge in [0.05, 0.1) is 17.7 Å². The number of benzene rings is 2. The van der Waals surface area contributed by atoms with Crippen LogP contribution >= 0.6 is 22.9 Å². The molecule has 8 heteroatoms. The number of anilines is 1. The van der Waals surface area contributed by atoms with Crippen LogP contribution in [0.2, 0.25) is 5.02 Å². The zero-order valence-corrected chi connectivity index (χ0v) is 16.4. The standard InChI is InChI=1S/C20H16ClF3N2OS/c1-12-17(11-14-10-15(20(22,23)24)7-8-16(14)21)28-19(25-12)26-18(27)9-13-5-3-2-4-6-13/h2-8,10H,9,11H2,1H3,(H,25,26,27). The molecule has 0 fully saturated rings. The van der Waals surface area contributed by atoms with Crippen molar-refractivity contribution in [3.8, 4) is 0 Å². The molecule has 1 heterocycles. The topological polar surface area (TPSA) is 42.0 Å². The number of aryl methyl sites for hydroxylation is 1. The van der Waals surface area contributed by atoms with Gasteiger partial charge in [0.2, 0.25) is 5.91 Å². The summed E-state index contributed by atoms with van der Waals surface area (Å²) in [5.41, 5.74) is 1.15. The van der Waals surface area contributed by atoms with Crippen LogP contribution in [-0.4, -0.2) is 10.9 Å². The molecule has 3 rings (SSSR count). The largest absolute Gasteiger partial charge is 0.416 e. The zero-order valence-electron chi connectivity index (χ0n) is 14.8. The summed E-state index contributed by atoms with van der Waals surface area (Å²) in [6.07, 6.45) is -4.01. The number of nitrogens with zero attached hydrogens (tertiary/aromatic N) is 1. The summed E-state index contributed by atoms with van der Waals surface area (Å²) in [6, 6.07) is 12.5. The van der Waals surface area contributed by atoms with Crippen LogP contribution in [0.15, 0.2) is 48.5 Å². The summed E-state index contributed by atoms with van der Waals surface area (Å²) in [7, 11) is 0. The maximum atomic E-state index is 12.9. The first-order valence-electron chi connectivity index (χ1n) is 8.38. The summed E-state index contributed by atoms with van der Waals surface area (Å²) >= 11 is 7.31. The van der Waals surface area contributed by atoms with Crippen molar-refractivity contribution in [3.63, 3.8) is 0 Å². The normalized spacial score (nSPS) is 11.5. The quantitative estimate of drug-likeness (QED) is 0.554. The molecule has 2 aromatic carbocycles. The molecule has 1 N–H and O–H groups in total. The first-order valence-corrected chi connectivity index (χ1v) is 9.57. The number of carbonyl (C=O) groups is 1. The summed E-state index contributed by atoms with van der Waals surface area (Å²) in [4.78, 5) is 17.2. The molecule has 1 aromatic heterocycles. The highest BCUT2D eigenvalue weighted by Gasteiger charge is 2.31. The van der Waals surface area contributed by atoms with Gasteiger partial charge < -0.3 is 5.32 Å². The lowest BCUT2D eigenvalue weighted by Crippen LogP contribution is -2.14. The number of alkyl halides is 3. The molecule has 0 aliphatic carbocycles. The smallest absolute Gasteiger partial charge is 0.302 e. The van der Waals surface area contributed by atoms with E-state index < -0.39 is 11.7 Å². The molecular formula is C20H16ClF3N2OS. The van der Waals surface area contributed by atoms with E-state index in [-0.39, 0.29) is 23.8 Å². The van der Waals surface area contributed by atoms with E-state index in [0.717, 1.165) is 22.6 Å². The predicted molar refractivity (Wildman–Crippen MR) is 105 cm³/mol. The molecule has 0 spiro atoms. The molecule has 3 aromatic rings. The van der Waals surface area contributed by atoms with Gasteiger partial charge in [-0.05, 0) is 36.2 Å². The molecule has 0 unspecified atom stereocenters. The molecular weight excluding hydrogens is 409 g/mol. The Labute approximate surface area is 169 Å². The Kier molecular flexibility index (Phi) is 6.05. The van der Waals surface area contributed by atoms with Crippen molar-refractivity contribution >= 4 is 34.0 Å². The summed E-state index contributed by atoms with van der Waals surface area (Å²) in [5.74, 6) is -0.205. The Hall–Kier alpha value is -2.38. The molecule has 0 atom stereocenters. The number of carbonyl (C=O) groups excluding carboxylic acids is 1. The van der Waals surface area contributed by atoms with Crippen molar-refractivity contribution in [1.29, 1.82) is 0 Å². The molecule has 0 aliphatic heterocycles. The minimum Gasteiger partial charge on any atom is -0.302 e. The van der Waals surface area contributed by atoms with Crippen LogP contribution in [0.25, 0.3) is 0 Å². The highest BCUT2D eigenvalue weighted by atomic mass is 35.5. The molecule has 0 saturated carbocycles. The number of thiazole rings is 1. The van der Waals surface area contributed by atoms with Gasteiger partial charge >= 0.3 is 6.18 Å². The van der Waals surface area contributed by atoms with Gasteiger partial charge in [0.25, 0.3) is 0 Å². The maximum absolute atomic E-state index is 12.9. The highest BCUT2D eigenvalue weighted by Crippen LogP contribution is 2.34. The molecule has 28 heavy (non-hydrogen) atoms. The zero-order chi connectivity index (χ0) is 20.3. The summed E-state index contributed by atoms with van der Waals surface area (Å²) in [6.45, 7) is 1.75. The molecule has 146 valence electrons. The van der Waals surface area contributed by atoms with Crippen LogP contribution < -0.4 is 5.32 Å². The minimum atomic E-state index is -4.43. The van der Waals surface area contributed by atoms with Gasteiger partial charge in [0.1, 0.15) is 0 Å². The summed E-state index contributed by atoms with van der Waals surface area (Å²) in [5, 5.41) is 3.42. The Bertz CT molecular complexity index is 987. The lowest BCUT2D eigenvalue weighted by Gasteiger charge is -2.10.